The van der Waals surface area contributed by atoms with Gasteiger partial charge in [-0.05, 0) is 43.2 Å². The summed E-state index contributed by atoms with van der Waals surface area (Å²) in [5.74, 6) is -0.499. The second kappa shape index (κ2) is 8.84. The van der Waals surface area contributed by atoms with Crippen molar-refractivity contribution in [2.75, 3.05) is 26.7 Å². The van der Waals surface area contributed by atoms with Crippen molar-refractivity contribution in [3.63, 3.8) is 0 Å². The lowest BCUT2D eigenvalue weighted by Gasteiger charge is -2.33. The molecule has 0 unspecified atom stereocenters. The molecule has 1 aromatic heterocycles. The number of urea groups is 1. The topological polar surface area (TPSA) is 81.3 Å². The molecule has 0 saturated carbocycles. The molecule has 2 aliphatic rings. The first kappa shape index (κ1) is 22.2. The summed E-state index contributed by atoms with van der Waals surface area (Å²) in [5, 5.41) is 9.79. The lowest BCUT2D eigenvalue weighted by atomic mass is 9.86. The fraction of sp³-hybridized carbons (Fsp3) is 0.500. The van der Waals surface area contributed by atoms with Gasteiger partial charge in [-0.2, -0.15) is 18.3 Å². The van der Waals surface area contributed by atoms with Gasteiger partial charge >= 0.3 is 12.2 Å². The minimum absolute atomic E-state index is 0.207. The molecule has 0 bridgehead atoms. The molecule has 2 N–H and O–H groups in total. The Labute approximate surface area is 184 Å². The predicted molar refractivity (Wildman–Crippen MR) is 111 cm³/mol. The lowest BCUT2D eigenvalue weighted by Crippen LogP contribution is -2.40. The van der Waals surface area contributed by atoms with Crippen molar-refractivity contribution in [1.29, 1.82) is 0 Å². The van der Waals surface area contributed by atoms with E-state index in [9.17, 15) is 22.8 Å². The van der Waals surface area contributed by atoms with Gasteiger partial charge in [0.25, 0.3) is 5.91 Å². The van der Waals surface area contributed by atoms with E-state index in [1.165, 1.54) is 12.1 Å². The number of benzene rings is 1. The minimum Gasteiger partial charge on any atom is -0.341 e. The van der Waals surface area contributed by atoms with E-state index in [2.05, 4.69) is 15.5 Å². The van der Waals surface area contributed by atoms with Gasteiger partial charge in [-0.3, -0.25) is 9.89 Å². The van der Waals surface area contributed by atoms with Crippen LogP contribution in [0.2, 0.25) is 0 Å². The third kappa shape index (κ3) is 4.31. The Balaban J connectivity index is 1.48. The van der Waals surface area contributed by atoms with Crippen LogP contribution in [0.25, 0.3) is 0 Å². The fourth-order valence-electron chi connectivity index (χ4n) is 4.66. The first-order valence-corrected chi connectivity index (χ1v) is 10.8. The Morgan fingerprint density at radius 1 is 1.12 bits per heavy atom. The largest absolute Gasteiger partial charge is 0.416 e. The maximum atomic E-state index is 13.4. The van der Waals surface area contributed by atoms with Crippen LogP contribution in [-0.4, -0.2) is 58.6 Å². The molecule has 0 spiro atoms. The third-order valence-corrected chi connectivity index (χ3v) is 6.35. The summed E-state index contributed by atoms with van der Waals surface area (Å²) in [7, 11) is 1.57. The molecule has 172 valence electrons. The number of H-pyrrole nitrogens is 1. The number of carbonyl (C=O) groups excluding carboxylic acids is 2. The molecule has 3 heterocycles. The van der Waals surface area contributed by atoms with E-state index in [1.807, 2.05) is 0 Å². The molecule has 1 saturated heterocycles. The van der Waals surface area contributed by atoms with Crippen molar-refractivity contribution >= 4 is 11.9 Å². The zero-order valence-electron chi connectivity index (χ0n) is 17.8. The Kier molecular flexibility index (Phi) is 6.12. The van der Waals surface area contributed by atoms with E-state index in [4.69, 9.17) is 0 Å². The van der Waals surface area contributed by atoms with Crippen molar-refractivity contribution in [2.45, 2.75) is 44.3 Å². The Bertz CT molecular complexity index is 996. The van der Waals surface area contributed by atoms with E-state index in [0.717, 1.165) is 23.7 Å². The number of aromatic nitrogens is 2. The highest BCUT2D eigenvalue weighted by molar-refractivity contribution is 5.94. The molecule has 4 rings (SSSR count). The molecule has 0 atom stereocenters. The number of aryl methyl sites for hydroxylation is 1. The Hall–Kier alpha value is -3.04. The van der Waals surface area contributed by atoms with E-state index < -0.39 is 11.7 Å². The number of halogens is 3. The predicted octanol–water partition coefficient (Wildman–Crippen LogP) is 3.54. The summed E-state index contributed by atoms with van der Waals surface area (Å²) in [6.07, 6.45) is -2.03. The van der Waals surface area contributed by atoms with Crippen molar-refractivity contribution in [1.82, 2.24) is 25.3 Å². The highest BCUT2D eigenvalue weighted by Crippen LogP contribution is 2.38. The van der Waals surface area contributed by atoms with Gasteiger partial charge in [0.1, 0.15) is 0 Å². The van der Waals surface area contributed by atoms with Crippen molar-refractivity contribution in [3.05, 3.63) is 52.3 Å². The summed E-state index contributed by atoms with van der Waals surface area (Å²) < 4.78 is 40.2. The number of fused-ring (bicyclic) bond motifs is 1. The van der Waals surface area contributed by atoms with Gasteiger partial charge in [0, 0.05) is 37.9 Å². The second-order valence-electron chi connectivity index (χ2n) is 8.26. The standard InChI is InChI=1S/C22H26F3N5O2/c1-26-21(32)30-10-4-7-18-16(13-30)19(28-27-18)20(31)29-11-8-14(9-12-29)15-5-2-3-6-17(15)22(23,24)25/h2-3,5-6,14H,4,7-13H2,1H3,(H,26,32)(H,27,28). The van der Waals surface area contributed by atoms with Crippen LogP contribution in [0.15, 0.2) is 24.3 Å². The number of amides is 3. The second-order valence-corrected chi connectivity index (χ2v) is 8.26. The molecular weight excluding hydrogens is 423 g/mol. The van der Waals surface area contributed by atoms with Crippen LogP contribution in [0.4, 0.5) is 18.0 Å². The van der Waals surface area contributed by atoms with Gasteiger partial charge in [-0.1, -0.05) is 18.2 Å². The van der Waals surface area contributed by atoms with Crippen molar-refractivity contribution in [3.8, 4) is 0 Å². The van der Waals surface area contributed by atoms with Gasteiger partial charge in [-0.15, -0.1) is 0 Å². The van der Waals surface area contributed by atoms with E-state index >= 15 is 0 Å². The highest BCUT2D eigenvalue weighted by atomic mass is 19.4. The molecule has 7 nitrogen and oxygen atoms in total. The molecule has 10 heteroatoms. The van der Waals surface area contributed by atoms with Gasteiger partial charge in [0.2, 0.25) is 0 Å². The van der Waals surface area contributed by atoms with E-state index in [1.54, 1.807) is 22.9 Å². The number of carbonyl (C=O) groups is 2. The van der Waals surface area contributed by atoms with Crippen LogP contribution >= 0.6 is 0 Å². The number of hydrogen-bond acceptors (Lipinski definition) is 3. The van der Waals surface area contributed by atoms with Crippen LogP contribution in [0.3, 0.4) is 0 Å². The molecule has 32 heavy (non-hydrogen) atoms. The zero-order chi connectivity index (χ0) is 22.9. The molecule has 0 radical (unpaired) electrons. The molecular formula is C22H26F3N5O2. The number of piperidine rings is 1. The van der Waals surface area contributed by atoms with Gasteiger partial charge in [0.15, 0.2) is 5.69 Å². The smallest absolute Gasteiger partial charge is 0.341 e. The van der Waals surface area contributed by atoms with Crippen LogP contribution in [0.1, 0.15) is 58.1 Å². The van der Waals surface area contributed by atoms with Crippen LogP contribution < -0.4 is 5.32 Å². The zero-order valence-corrected chi connectivity index (χ0v) is 17.8. The number of nitrogens with zero attached hydrogens (tertiary/aromatic N) is 3. The van der Waals surface area contributed by atoms with Gasteiger partial charge in [0.05, 0.1) is 12.1 Å². The number of hydrogen-bond donors (Lipinski definition) is 2. The maximum absolute atomic E-state index is 13.4. The minimum atomic E-state index is -4.40. The summed E-state index contributed by atoms with van der Waals surface area (Å²) >= 11 is 0. The van der Waals surface area contributed by atoms with Gasteiger partial charge < -0.3 is 15.1 Å². The Morgan fingerprint density at radius 2 is 1.84 bits per heavy atom. The van der Waals surface area contributed by atoms with Crippen molar-refractivity contribution in [2.24, 2.45) is 0 Å². The number of rotatable bonds is 2. The molecule has 0 aliphatic carbocycles. The summed E-state index contributed by atoms with van der Waals surface area (Å²) in [6.45, 7) is 1.59. The average molecular weight is 449 g/mol. The normalized spacial score (nSPS) is 17.6. The first-order valence-electron chi connectivity index (χ1n) is 10.8. The lowest BCUT2D eigenvalue weighted by molar-refractivity contribution is -0.138. The highest BCUT2D eigenvalue weighted by Gasteiger charge is 2.37. The average Bonchev–Trinajstić information content (AvgIpc) is 3.07. The molecule has 2 aliphatic heterocycles. The Morgan fingerprint density at radius 3 is 2.53 bits per heavy atom. The monoisotopic (exact) mass is 449 g/mol. The summed E-state index contributed by atoms with van der Waals surface area (Å²) in [6, 6.07) is 5.47. The number of nitrogens with one attached hydrogen (secondary N) is 2. The molecule has 1 fully saturated rings. The first-order chi connectivity index (χ1) is 15.3. The summed E-state index contributed by atoms with van der Waals surface area (Å²) in [5.41, 5.74) is 1.57. The van der Waals surface area contributed by atoms with E-state index in [0.29, 0.717) is 56.7 Å². The molecule has 1 aromatic carbocycles. The van der Waals surface area contributed by atoms with Gasteiger partial charge in [-0.25, -0.2) is 4.79 Å². The van der Waals surface area contributed by atoms with Crippen LogP contribution in [0.5, 0.6) is 0 Å². The maximum Gasteiger partial charge on any atom is 0.416 e. The quantitative estimate of drug-likeness (QED) is 0.736. The number of alkyl halides is 3. The molecule has 2 aromatic rings. The summed E-state index contributed by atoms with van der Waals surface area (Å²) in [4.78, 5) is 28.6. The van der Waals surface area contributed by atoms with Crippen molar-refractivity contribution < 1.29 is 22.8 Å². The molecule has 3 amide bonds. The fourth-order valence-corrected chi connectivity index (χ4v) is 4.66. The number of aromatic amines is 1. The van der Waals surface area contributed by atoms with Crippen LogP contribution in [0, 0.1) is 0 Å². The SMILES string of the molecule is CNC(=O)N1CCCc2[nH]nc(C(=O)N3CCC(c4ccccc4C(F)(F)F)CC3)c2C1. The third-order valence-electron chi connectivity index (χ3n) is 6.35. The van der Waals surface area contributed by atoms with E-state index in [-0.39, 0.29) is 17.9 Å². The number of likely N-dealkylation sites (tertiary alicyclic amines) is 1. The van der Waals surface area contributed by atoms with Crippen LogP contribution in [-0.2, 0) is 19.1 Å².